The first-order valence-corrected chi connectivity index (χ1v) is 4.80. The predicted octanol–water partition coefficient (Wildman–Crippen LogP) is 1.20. The van der Waals surface area contributed by atoms with E-state index < -0.39 is 0 Å². The molecule has 58 valence electrons. The molecule has 4 heteroatoms. The molecule has 0 aromatic heterocycles. The first kappa shape index (κ1) is 8.63. The lowest BCUT2D eigenvalue weighted by molar-refractivity contribution is -0.118. The maximum absolute atomic E-state index is 11.1. The summed E-state index contributed by atoms with van der Waals surface area (Å²) in [6, 6.07) is 0. The minimum Gasteiger partial charge on any atom is -0.298 e. The molecule has 1 fully saturated rings. The first-order valence-electron chi connectivity index (χ1n) is 3.36. The molecule has 2 atom stereocenters. The topological polar surface area (TPSA) is 20.3 Å². The zero-order chi connectivity index (χ0) is 7.56. The van der Waals surface area contributed by atoms with E-state index in [1.165, 1.54) is 0 Å². The van der Waals surface area contributed by atoms with Crippen molar-refractivity contribution < 1.29 is 4.79 Å². The van der Waals surface area contributed by atoms with Gasteiger partial charge in [-0.25, -0.2) is 0 Å². The Morgan fingerprint density at radius 1 is 1.60 bits per heavy atom. The molecule has 0 radical (unpaired) electrons. The molecule has 0 saturated carbocycles. The van der Waals surface area contributed by atoms with Gasteiger partial charge in [0.15, 0.2) is 0 Å². The van der Waals surface area contributed by atoms with Crippen LogP contribution >= 0.6 is 25.3 Å². The fraction of sp³-hybridized carbons (Fsp3) is 0.833. The van der Waals surface area contributed by atoms with Crippen LogP contribution in [0.25, 0.3) is 0 Å². The molecule has 1 aliphatic heterocycles. The summed E-state index contributed by atoms with van der Waals surface area (Å²) in [5.74, 6) is 0.338. The van der Waals surface area contributed by atoms with Crippen LogP contribution in [0.2, 0.25) is 0 Å². The molecular weight excluding hydrogens is 213 g/mol. The number of rotatable bonds is 0. The summed E-state index contributed by atoms with van der Waals surface area (Å²) in [7, 11) is 2.63. The summed E-state index contributed by atoms with van der Waals surface area (Å²) in [6.45, 7) is 1.87. The van der Waals surface area contributed by atoms with Crippen molar-refractivity contribution in [2.24, 2.45) is 0 Å². The summed E-state index contributed by atoms with van der Waals surface area (Å²) in [5.41, 5.74) is 0. The van der Waals surface area contributed by atoms with E-state index in [1.807, 2.05) is 0 Å². The van der Waals surface area contributed by atoms with Crippen LogP contribution in [0.15, 0.2) is 0 Å². The lowest BCUT2D eigenvalue weighted by Gasteiger charge is -2.09. The summed E-state index contributed by atoms with van der Waals surface area (Å²) in [4.78, 5) is 11.2. The molecule has 0 aromatic rings. The molecule has 10 heavy (non-hydrogen) atoms. The third-order valence-corrected chi connectivity index (χ3v) is 3.15. The Balaban J connectivity index is 2.46. The lowest BCUT2D eigenvalue weighted by atomic mass is 10.2. The number of ketones is 1. The molecule has 0 aromatic carbocycles. The molecular formula is C6H11BrNOP. The van der Waals surface area contributed by atoms with Crippen LogP contribution in [-0.4, -0.2) is 28.4 Å². The van der Waals surface area contributed by atoms with Crippen LogP contribution in [0.5, 0.6) is 0 Å². The Morgan fingerprint density at radius 3 is 3.00 bits per heavy atom. The normalized spacial score (nSPS) is 30.2. The standard InChI is InChI=1S/C6H11BrNOP/c7-5-1-3-8(10)4-2-6(5)9/h5H,1-4,10H2. The van der Waals surface area contributed by atoms with Gasteiger partial charge >= 0.3 is 0 Å². The van der Waals surface area contributed by atoms with Crippen LogP contribution < -0.4 is 0 Å². The third kappa shape index (κ3) is 2.30. The van der Waals surface area contributed by atoms with Gasteiger partial charge in [0.1, 0.15) is 5.78 Å². The SMILES string of the molecule is O=C1CCN(P)CCC1Br. The molecule has 0 amide bonds. The maximum atomic E-state index is 11.1. The van der Waals surface area contributed by atoms with Gasteiger partial charge < -0.3 is 0 Å². The van der Waals surface area contributed by atoms with E-state index in [0.717, 1.165) is 19.5 Å². The van der Waals surface area contributed by atoms with Crippen molar-refractivity contribution in [3.63, 3.8) is 0 Å². The molecule has 1 saturated heterocycles. The monoisotopic (exact) mass is 223 g/mol. The quantitative estimate of drug-likeness (QED) is 0.455. The van der Waals surface area contributed by atoms with Crippen LogP contribution in [0, 0.1) is 0 Å². The Bertz CT molecular complexity index is 142. The number of carbonyl (C=O) groups excluding carboxylic acids is 1. The summed E-state index contributed by atoms with van der Waals surface area (Å²) in [5, 5.41) is 0. The van der Waals surface area contributed by atoms with Crippen LogP contribution in [0.3, 0.4) is 0 Å². The van der Waals surface area contributed by atoms with Gasteiger partial charge in [-0.2, -0.15) is 0 Å². The van der Waals surface area contributed by atoms with Crippen molar-refractivity contribution >= 4 is 31.1 Å². The van der Waals surface area contributed by atoms with Crippen molar-refractivity contribution in [2.75, 3.05) is 13.1 Å². The van der Waals surface area contributed by atoms with Crippen LogP contribution in [0.1, 0.15) is 12.8 Å². The molecule has 1 heterocycles. The van der Waals surface area contributed by atoms with E-state index in [4.69, 9.17) is 0 Å². The molecule has 0 aliphatic carbocycles. The number of hydrogen-bond donors (Lipinski definition) is 0. The van der Waals surface area contributed by atoms with E-state index in [9.17, 15) is 4.79 Å². The van der Waals surface area contributed by atoms with Gasteiger partial charge in [-0.3, -0.25) is 9.46 Å². The zero-order valence-electron chi connectivity index (χ0n) is 5.72. The third-order valence-electron chi connectivity index (χ3n) is 1.66. The average molecular weight is 224 g/mol. The second kappa shape index (κ2) is 3.80. The van der Waals surface area contributed by atoms with Crippen LogP contribution in [0.4, 0.5) is 0 Å². The van der Waals surface area contributed by atoms with Gasteiger partial charge in [0.2, 0.25) is 0 Å². The first-order chi connectivity index (χ1) is 4.70. The van der Waals surface area contributed by atoms with Gasteiger partial charge in [-0.15, -0.1) is 0 Å². The minimum absolute atomic E-state index is 0.0954. The Labute approximate surface area is 71.7 Å². The molecule has 0 N–H and O–H groups in total. The number of hydrogen-bond acceptors (Lipinski definition) is 2. The van der Waals surface area contributed by atoms with Crippen molar-refractivity contribution in [3.8, 4) is 0 Å². The molecule has 0 spiro atoms. The van der Waals surface area contributed by atoms with Crippen molar-refractivity contribution in [3.05, 3.63) is 0 Å². The van der Waals surface area contributed by atoms with Gasteiger partial charge in [-0.1, -0.05) is 25.3 Å². The average Bonchev–Trinajstić information content (AvgIpc) is 2.04. The second-order valence-electron chi connectivity index (χ2n) is 2.51. The van der Waals surface area contributed by atoms with Gasteiger partial charge in [0.05, 0.1) is 4.83 Å². The molecule has 1 aliphatic rings. The predicted molar refractivity (Wildman–Crippen MR) is 48.2 cm³/mol. The molecule has 2 nitrogen and oxygen atoms in total. The minimum atomic E-state index is 0.0954. The van der Waals surface area contributed by atoms with Crippen molar-refractivity contribution in [2.45, 2.75) is 17.7 Å². The number of Topliss-reactive ketones (excluding diaryl/α,β-unsaturated/α-hetero) is 1. The number of nitrogens with zero attached hydrogens (tertiary/aromatic N) is 1. The van der Waals surface area contributed by atoms with Gasteiger partial charge in [0.25, 0.3) is 0 Å². The highest BCUT2D eigenvalue weighted by Crippen LogP contribution is 2.16. The van der Waals surface area contributed by atoms with E-state index in [0.29, 0.717) is 12.2 Å². The fourth-order valence-electron chi connectivity index (χ4n) is 0.962. The molecule has 1 rings (SSSR count). The van der Waals surface area contributed by atoms with E-state index in [-0.39, 0.29) is 4.83 Å². The highest BCUT2D eigenvalue weighted by atomic mass is 79.9. The number of halogens is 1. The number of carbonyl (C=O) groups is 1. The van der Waals surface area contributed by atoms with E-state index in [2.05, 4.69) is 30.0 Å². The highest BCUT2D eigenvalue weighted by Gasteiger charge is 2.19. The van der Waals surface area contributed by atoms with Crippen molar-refractivity contribution in [1.82, 2.24) is 4.67 Å². The van der Waals surface area contributed by atoms with E-state index >= 15 is 0 Å². The fourth-order valence-corrected chi connectivity index (χ4v) is 1.67. The van der Waals surface area contributed by atoms with Gasteiger partial charge in [-0.05, 0) is 6.42 Å². The smallest absolute Gasteiger partial charge is 0.147 e. The Kier molecular flexibility index (Phi) is 3.28. The Hall–Kier alpha value is 0.540. The zero-order valence-corrected chi connectivity index (χ0v) is 8.46. The largest absolute Gasteiger partial charge is 0.298 e. The second-order valence-corrected chi connectivity index (χ2v) is 4.34. The Morgan fingerprint density at radius 2 is 2.30 bits per heavy atom. The lowest BCUT2D eigenvalue weighted by Crippen LogP contribution is -2.11. The van der Waals surface area contributed by atoms with Crippen LogP contribution in [-0.2, 0) is 4.79 Å². The van der Waals surface area contributed by atoms with Crippen molar-refractivity contribution in [1.29, 1.82) is 0 Å². The van der Waals surface area contributed by atoms with Gasteiger partial charge in [0, 0.05) is 19.5 Å². The number of alkyl halides is 1. The summed E-state index contributed by atoms with van der Waals surface area (Å²) < 4.78 is 2.11. The highest BCUT2D eigenvalue weighted by molar-refractivity contribution is 9.10. The summed E-state index contributed by atoms with van der Waals surface area (Å²) in [6.07, 6.45) is 1.61. The maximum Gasteiger partial charge on any atom is 0.147 e. The summed E-state index contributed by atoms with van der Waals surface area (Å²) >= 11 is 3.35. The molecule has 2 unspecified atom stereocenters. The molecule has 0 bridgehead atoms. The van der Waals surface area contributed by atoms with E-state index in [1.54, 1.807) is 0 Å².